The topological polar surface area (TPSA) is 34.1 Å². The van der Waals surface area contributed by atoms with Crippen LogP contribution in [0, 0.1) is 6.92 Å². The minimum atomic E-state index is 0.343. The van der Waals surface area contributed by atoms with Crippen molar-refractivity contribution in [3.05, 3.63) is 57.8 Å². The van der Waals surface area contributed by atoms with E-state index in [0.29, 0.717) is 12.6 Å². The molecule has 0 spiro atoms. The Bertz CT molecular complexity index is 569. The van der Waals surface area contributed by atoms with Crippen molar-refractivity contribution in [2.24, 2.45) is 0 Å². The molecule has 106 valence electrons. The minimum Gasteiger partial charge on any atom is -0.487 e. The first-order valence-corrected chi connectivity index (χ1v) is 7.40. The van der Waals surface area contributed by atoms with E-state index in [2.05, 4.69) is 52.2 Å². The molecule has 0 aliphatic carbocycles. The normalized spacial score (nSPS) is 12.2. The van der Waals surface area contributed by atoms with Gasteiger partial charge in [-0.2, -0.15) is 0 Å². The van der Waals surface area contributed by atoms with Crippen molar-refractivity contribution in [2.45, 2.75) is 26.5 Å². The summed E-state index contributed by atoms with van der Waals surface area (Å²) in [6.07, 6.45) is 1.78. The van der Waals surface area contributed by atoms with Gasteiger partial charge in [-0.1, -0.05) is 12.1 Å². The molecule has 2 rings (SSSR count). The zero-order chi connectivity index (χ0) is 14.5. The fourth-order valence-corrected chi connectivity index (χ4v) is 2.15. The average molecular weight is 335 g/mol. The molecule has 0 radical (unpaired) electrons. The van der Waals surface area contributed by atoms with Gasteiger partial charge in [0.2, 0.25) is 0 Å². The van der Waals surface area contributed by atoms with Crippen molar-refractivity contribution in [3.63, 3.8) is 0 Å². The van der Waals surface area contributed by atoms with Gasteiger partial charge in [0.15, 0.2) is 0 Å². The molecule has 1 unspecified atom stereocenters. The Morgan fingerprint density at radius 2 is 2.10 bits per heavy atom. The SMILES string of the molecule is CNC(C)c1ccc(OCc2ccc(Br)cn2)c(C)c1. The van der Waals surface area contributed by atoms with Gasteiger partial charge in [-0.05, 0) is 66.2 Å². The summed E-state index contributed by atoms with van der Waals surface area (Å²) in [6, 6.07) is 10.5. The zero-order valence-corrected chi connectivity index (χ0v) is 13.6. The first kappa shape index (κ1) is 15.0. The molecule has 4 heteroatoms. The van der Waals surface area contributed by atoms with Crippen LogP contribution in [0.2, 0.25) is 0 Å². The van der Waals surface area contributed by atoms with Gasteiger partial charge in [0, 0.05) is 16.7 Å². The van der Waals surface area contributed by atoms with E-state index in [1.54, 1.807) is 6.20 Å². The van der Waals surface area contributed by atoms with Gasteiger partial charge in [0.05, 0.1) is 5.69 Å². The smallest absolute Gasteiger partial charge is 0.130 e. The van der Waals surface area contributed by atoms with Crippen molar-refractivity contribution in [1.82, 2.24) is 10.3 Å². The number of ether oxygens (including phenoxy) is 1. The third kappa shape index (κ3) is 3.81. The van der Waals surface area contributed by atoms with Crippen LogP contribution < -0.4 is 10.1 Å². The Labute approximate surface area is 128 Å². The lowest BCUT2D eigenvalue weighted by Crippen LogP contribution is -2.12. The number of rotatable bonds is 5. The zero-order valence-electron chi connectivity index (χ0n) is 12.0. The molecule has 1 aromatic carbocycles. The van der Waals surface area contributed by atoms with Crippen molar-refractivity contribution >= 4 is 15.9 Å². The molecule has 0 bridgehead atoms. The molecule has 0 saturated carbocycles. The summed E-state index contributed by atoms with van der Waals surface area (Å²) in [6.45, 7) is 4.69. The number of pyridine rings is 1. The van der Waals surface area contributed by atoms with Gasteiger partial charge in [0.25, 0.3) is 0 Å². The monoisotopic (exact) mass is 334 g/mol. The Morgan fingerprint density at radius 3 is 2.70 bits per heavy atom. The Hall–Kier alpha value is -1.39. The number of nitrogens with zero attached hydrogens (tertiary/aromatic N) is 1. The quantitative estimate of drug-likeness (QED) is 0.896. The molecule has 1 N–H and O–H groups in total. The summed E-state index contributed by atoms with van der Waals surface area (Å²) in [7, 11) is 1.96. The summed E-state index contributed by atoms with van der Waals surface area (Å²) in [4.78, 5) is 4.30. The lowest BCUT2D eigenvalue weighted by molar-refractivity contribution is 0.299. The van der Waals surface area contributed by atoms with Crippen LogP contribution in [-0.4, -0.2) is 12.0 Å². The fourth-order valence-electron chi connectivity index (χ4n) is 1.91. The van der Waals surface area contributed by atoms with E-state index in [9.17, 15) is 0 Å². The van der Waals surface area contributed by atoms with Crippen LogP contribution in [0.15, 0.2) is 41.0 Å². The van der Waals surface area contributed by atoms with Crippen molar-refractivity contribution in [2.75, 3.05) is 7.05 Å². The molecule has 0 fully saturated rings. The van der Waals surface area contributed by atoms with Crippen molar-refractivity contribution in [1.29, 1.82) is 0 Å². The maximum atomic E-state index is 5.83. The van der Waals surface area contributed by atoms with Crippen LogP contribution in [-0.2, 0) is 6.61 Å². The van der Waals surface area contributed by atoms with E-state index in [1.165, 1.54) is 5.56 Å². The fraction of sp³-hybridized carbons (Fsp3) is 0.312. The second-order valence-corrected chi connectivity index (χ2v) is 5.71. The summed E-state index contributed by atoms with van der Waals surface area (Å²) in [5.74, 6) is 0.904. The first-order valence-electron chi connectivity index (χ1n) is 6.61. The standard InChI is InChI=1S/C16H19BrN2O/c1-11-8-13(12(2)18-3)4-7-16(11)20-10-15-6-5-14(17)9-19-15/h4-9,12,18H,10H2,1-3H3. The van der Waals surface area contributed by atoms with Crippen LogP contribution in [0.25, 0.3) is 0 Å². The van der Waals surface area contributed by atoms with Crippen LogP contribution in [0.5, 0.6) is 5.75 Å². The van der Waals surface area contributed by atoms with Crippen LogP contribution >= 0.6 is 15.9 Å². The van der Waals surface area contributed by atoms with Gasteiger partial charge < -0.3 is 10.1 Å². The lowest BCUT2D eigenvalue weighted by atomic mass is 10.1. The molecular weight excluding hydrogens is 316 g/mol. The number of hydrogen-bond donors (Lipinski definition) is 1. The highest BCUT2D eigenvalue weighted by molar-refractivity contribution is 9.10. The highest BCUT2D eigenvalue weighted by Gasteiger charge is 2.06. The molecule has 1 heterocycles. The maximum absolute atomic E-state index is 5.83. The van der Waals surface area contributed by atoms with Crippen LogP contribution in [0.1, 0.15) is 29.8 Å². The number of benzene rings is 1. The van der Waals surface area contributed by atoms with Crippen molar-refractivity contribution in [3.8, 4) is 5.75 Å². The second-order valence-electron chi connectivity index (χ2n) is 4.79. The second kappa shape index (κ2) is 6.86. The molecular formula is C16H19BrN2O. The predicted octanol–water partition coefficient (Wildman–Crippen LogP) is 4.01. The average Bonchev–Trinajstić information content (AvgIpc) is 2.46. The minimum absolute atomic E-state index is 0.343. The van der Waals surface area contributed by atoms with E-state index >= 15 is 0 Å². The van der Waals surface area contributed by atoms with Gasteiger partial charge in [-0.25, -0.2) is 0 Å². The maximum Gasteiger partial charge on any atom is 0.130 e. The summed E-state index contributed by atoms with van der Waals surface area (Å²) in [5.41, 5.74) is 3.32. The number of nitrogens with one attached hydrogen (secondary N) is 1. The summed E-state index contributed by atoms with van der Waals surface area (Å²) >= 11 is 3.37. The van der Waals surface area contributed by atoms with Crippen LogP contribution in [0.3, 0.4) is 0 Å². The summed E-state index contributed by atoms with van der Waals surface area (Å²) < 4.78 is 6.81. The van der Waals surface area contributed by atoms with Crippen molar-refractivity contribution < 1.29 is 4.74 Å². The number of halogens is 1. The lowest BCUT2D eigenvalue weighted by Gasteiger charge is -2.14. The Kier molecular flexibility index (Phi) is 5.15. The molecule has 0 aliphatic rings. The van der Waals surface area contributed by atoms with Gasteiger partial charge in [-0.15, -0.1) is 0 Å². The third-order valence-electron chi connectivity index (χ3n) is 3.30. The first-order chi connectivity index (χ1) is 9.60. The molecule has 2 aromatic rings. The van der Waals surface area contributed by atoms with Gasteiger partial charge >= 0.3 is 0 Å². The van der Waals surface area contributed by atoms with E-state index in [0.717, 1.165) is 21.5 Å². The molecule has 20 heavy (non-hydrogen) atoms. The number of aromatic nitrogens is 1. The summed E-state index contributed by atoms with van der Waals surface area (Å²) in [5, 5.41) is 3.24. The largest absolute Gasteiger partial charge is 0.487 e. The van der Waals surface area contributed by atoms with Crippen LogP contribution in [0.4, 0.5) is 0 Å². The Balaban J connectivity index is 2.04. The molecule has 0 saturated heterocycles. The van der Waals surface area contributed by atoms with E-state index in [-0.39, 0.29) is 0 Å². The van der Waals surface area contributed by atoms with Gasteiger partial charge in [-0.3, -0.25) is 4.98 Å². The molecule has 1 atom stereocenters. The predicted molar refractivity (Wildman–Crippen MR) is 84.9 cm³/mol. The van der Waals surface area contributed by atoms with E-state index in [4.69, 9.17) is 4.74 Å². The molecule has 0 amide bonds. The number of aryl methyl sites for hydroxylation is 1. The molecule has 3 nitrogen and oxygen atoms in total. The third-order valence-corrected chi connectivity index (χ3v) is 3.77. The highest BCUT2D eigenvalue weighted by Crippen LogP contribution is 2.23. The molecule has 1 aromatic heterocycles. The van der Waals surface area contributed by atoms with E-state index in [1.807, 2.05) is 25.2 Å². The molecule has 0 aliphatic heterocycles. The number of hydrogen-bond acceptors (Lipinski definition) is 3. The van der Waals surface area contributed by atoms with Gasteiger partial charge in [0.1, 0.15) is 12.4 Å². The Morgan fingerprint density at radius 1 is 1.30 bits per heavy atom. The highest BCUT2D eigenvalue weighted by atomic mass is 79.9. The van der Waals surface area contributed by atoms with E-state index < -0.39 is 0 Å².